The molecule has 2 nitrogen and oxygen atoms in total. The summed E-state index contributed by atoms with van der Waals surface area (Å²) in [5.41, 5.74) is 4.21. The number of benzene rings is 2. The molecule has 0 aliphatic heterocycles. The highest BCUT2D eigenvalue weighted by atomic mass is 35.5. The molecule has 2 aromatic carbocycles. The maximum atomic E-state index is 6.23. The standard InChI is InChI=1S/C21H21ClN2/c1-3-4-6-15(2)16-9-12-18(13-10-16)23-20-14-11-17-7-5-8-19(22)21(17)24-20/h5,7-14H,2-4,6H2,1H3,(H,23,24). The Morgan fingerprint density at radius 3 is 2.62 bits per heavy atom. The van der Waals surface area contributed by atoms with Gasteiger partial charge >= 0.3 is 0 Å². The van der Waals surface area contributed by atoms with Crippen LogP contribution >= 0.6 is 11.6 Å². The summed E-state index contributed by atoms with van der Waals surface area (Å²) in [5, 5.41) is 5.04. The van der Waals surface area contributed by atoms with Crippen molar-refractivity contribution in [3.05, 3.63) is 71.8 Å². The van der Waals surface area contributed by atoms with Crippen molar-refractivity contribution in [3.8, 4) is 0 Å². The first-order valence-corrected chi connectivity index (χ1v) is 8.65. The highest BCUT2D eigenvalue weighted by Crippen LogP contribution is 2.25. The first-order chi connectivity index (χ1) is 11.7. The molecule has 0 unspecified atom stereocenters. The van der Waals surface area contributed by atoms with E-state index in [1.165, 1.54) is 24.0 Å². The van der Waals surface area contributed by atoms with Gasteiger partial charge in [0, 0.05) is 11.1 Å². The number of anilines is 2. The van der Waals surface area contributed by atoms with Crippen LogP contribution in [0, 0.1) is 0 Å². The van der Waals surface area contributed by atoms with Gasteiger partial charge in [0.25, 0.3) is 0 Å². The molecular weight excluding hydrogens is 316 g/mol. The fourth-order valence-corrected chi connectivity index (χ4v) is 2.88. The van der Waals surface area contributed by atoms with Gasteiger partial charge in [0.05, 0.1) is 10.5 Å². The van der Waals surface area contributed by atoms with Crippen LogP contribution in [0.1, 0.15) is 31.7 Å². The molecule has 1 heterocycles. The Labute approximate surface area is 148 Å². The van der Waals surface area contributed by atoms with Crippen LogP contribution < -0.4 is 5.32 Å². The number of halogens is 1. The summed E-state index contributed by atoms with van der Waals surface area (Å²) in [6.07, 6.45) is 3.42. The lowest BCUT2D eigenvalue weighted by Crippen LogP contribution is -1.94. The van der Waals surface area contributed by atoms with E-state index in [4.69, 9.17) is 11.6 Å². The van der Waals surface area contributed by atoms with E-state index in [-0.39, 0.29) is 0 Å². The lowest BCUT2D eigenvalue weighted by atomic mass is 10.0. The van der Waals surface area contributed by atoms with Crippen LogP contribution in [-0.4, -0.2) is 4.98 Å². The Balaban J connectivity index is 1.76. The van der Waals surface area contributed by atoms with Crippen LogP contribution in [0.25, 0.3) is 16.5 Å². The maximum Gasteiger partial charge on any atom is 0.131 e. The molecule has 3 rings (SSSR count). The van der Waals surface area contributed by atoms with Gasteiger partial charge in [-0.2, -0.15) is 0 Å². The fourth-order valence-electron chi connectivity index (χ4n) is 2.65. The number of nitrogens with one attached hydrogen (secondary N) is 1. The number of para-hydroxylation sites is 1. The second-order valence-corrected chi connectivity index (χ2v) is 6.32. The topological polar surface area (TPSA) is 24.9 Å². The summed E-state index contributed by atoms with van der Waals surface area (Å²) in [7, 11) is 0. The quantitative estimate of drug-likeness (QED) is 0.533. The van der Waals surface area contributed by atoms with Gasteiger partial charge in [-0.05, 0) is 54.3 Å². The molecule has 0 bridgehead atoms. The number of nitrogens with zero attached hydrogens (tertiary/aromatic N) is 1. The summed E-state index contributed by atoms with van der Waals surface area (Å²) >= 11 is 6.23. The molecule has 1 aromatic heterocycles. The molecule has 0 saturated carbocycles. The number of rotatable bonds is 6. The lowest BCUT2D eigenvalue weighted by molar-refractivity contribution is 0.825. The zero-order chi connectivity index (χ0) is 16.9. The average Bonchev–Trinajstić information content (AvgIpc) is 2.61. The summed E-state index contributed by atoms with van der Waals surface area (Å²) in [5.74, 6) is 0.785. The Morgan fingerprint density at radius 2 is 1.88 bits per heavy atom. The Morgan fingerprint density at radius 1 is 1.08 bits per heavy atom. The summed E-state index contributed by atoms with van der Waals surface area (Å²) in [6.45, 7) is 6.37. The zero-order valence-electron chi connectivity index (χ0n) is 13.8. The Kier molecular flexibility index (Phi) is 5.17. The van der Waals surface area contributed by atoms with Crippen molar-refractivity contribution in [2.75, 3.05) is 5.32 Å². The molecule has 0 atom stereocenters. The first kappa shape index (κ1) is 16.5. The van der Waals surface area contributed by atoms with Crippen LogP contribution in [0.15, 0.2) is 61.2 Å². The van der Waals surface area contributed by atoms with Crippen molar-refractivity contribution in [1.29, 1.82) is 0 Å². The van der Waals surface area contributed by atoms with Gasteiger partial charge < -0.3 is 5.32 Å². The number of hydrogen-bond acceptors (Lipinski definition) is 2. The molecule has 0 radical (unpaired) electrons. The normalized spacial score (nSPS) is 10.8. The maximum absolute atomic E-state index is 6.23. The molecule has 0 spiro atoms. The average molecular weight is 337 g/mol. The van der Waals surface area contributed by atoms with Gasteiger partial charge in [0.15, 0.2) is 0 Å². The van der Waals surface area contributed by atoms with Gasteiger partial charge in [-0.1, -0.05) is 55.8 Å². The largest absolute Gasteiger partial charge is 0.340 e. The molecule has 122 valence electrons. The predicted octanol–water partition coefficient (Wildman–Crippen LogP) is 6.84. The zero-order valence-corrected chi connectivity index (χ0v) is 14.6. The van der Waals surface area contributed by atoms with Crippen LogP contribution in [0.3, 0.4) is 0 Å². The van der Waals surface area contributed by atoms with E-state index >= 15 is 0 Å². The number of allylic oxidation sites excluding steroid dienone is 1. The SMILES string of the molecule is C=C(CCCC)c1ccc(Nc2ccc3cccc(Cl)c3n2)cc1. The molecule has 1 N–H and O–H groups in total. The number of unbranched alkanes of at least 4 members (excludes halogenated alkanes) is 1. The third-order valence-electron chi connectivity index (χ3n) is 4.07. The summed E-state index contributed by atoms with van der Waals surface area (Å²) in [4.78, 5) is 4.61. The number of aromatic nitrogens is 1. The number of fused-ring (bicyclic) bond motifs is 1. The molecule has 3 heteroatoms. The van der Waals surface area contributed by atoms with Crippen molar-refractivity contribution in [2.24, 2.45) is 0 Å². The van der Waals surface area contributed by atoms with E-state index in [1.807, 2.05) is 30.3 Å². The van der Waals surface area contributed by atoms with E-state index in [2.05, 4.69) is 48.1 Å². The van der Waals surface area contributed by atoms with E-state index < -0.39 is 0 Å². The number of hydrogen-bond donors (Lipinski definition) is 1. The third-order valence-corrected chi connectivity index (χ3v) is 4.37. The van der Waals surface area contributed by atoms with Crippen molar-refractivity contribution >= 4 is 39.6 Å². The molecule has 0 fully saturated rings. The van der Waals surface area contributed by atoms with Gasteiger partial charge in [0.1, 0.15) is 5.82 Å². The molecule has 0 aliphatic rings. The molecule has 0 aliphatic carbocycles. The van der Waals surface area contributed by atoms with Crippen molar-refractivity contribution in [1.82, 2.24) is 4.98 Å². The molecule has 24 heavy (non-hydrogen) atoms. The highest BCUT2D eigenvalue weighted by Gasteiger charge is 2.03. The second kappa shape index (κ2) is 7.50. The smallest absolute Gasteiger partial charge is 0.131 e. The minimum atomic E-state index is 0.665. The second-order valence-electron chi connectivity index (χ2n) is 5.92. The third kappa shape index (κ3) is 3.77. The van der Waals surface area contributed by atoms with Crippen LogP contribution in [0.4, 0.5) is 11.5 Å². The van der Waals surface area contributed by atoms with Crippen molar-refractivity contribution in [2.45, 2.75) is 26.2 Å². The van der Waals surface area contributed by atoms with Crippen molar-refractivity contribution < 1.29 is 0 Å². The monoisotopic (exact) mass is 336 g/mol. The summed E-state index contributed by atoms with van der Waals surface area (Å²) < 4.78 is 0. The van der Waals surface area contributed by atoms with Gasteiger partial charge in [-0.3, -0.25) is 0 Å². The lowest BCUT2D eigenvalue weighted by Gasteiger charge is -2.09. The van der Waals surface area contributed by atoms with Crippen LogP contribution in [0.5, 0.6) is 0 Å². The molecule has 3 aromatic rings. The molecule has 0 amide bonds. The minimum absolute atomic E-state index is 0.665. The summed E-state index contributed by atoms with van der Waals surface area (Å²) in [6, 6.07) is 18.1. The molecular formula is C21H21ClN2. The highest BCUT2D eigenvalue weighted by molar-refractivity contribution is 6.35. The van der Waals surface area contributed by atoms with E-state index in [1.54, 1.807) is 0 Å². The Bertz CT molecular complexity index is 853. The first-order valence-electron chi connectivity index (χ1n) is 8.28. The minimum Gasteiger partial charge on any atom is -0.340 e. The Hall–Kier alpha value is -2.32. The van der Waals surface area contributed by atoms with E-state index in [9.17, 15) is 0 Å². The van der Waals surface area contributed by atoms with Crippen LogP contribution in [0.2, 0.25) is 5.02 Å². The van der Waals surface area contributed by atoms with Gasteiger partial charge in [-0.25, -0.2) is 4.98 Å². The van der Waals surface area contributed by atoms with Crippen molar-refractivity contribution in [3.63, 3.8) is 0 Å². The van der Waals surface area contributed by atoms with Gasteiger partial charge in [-0.15, -0.1) is 0 Å². The van der Waals surface area contributed by atoms with Crippen LogP contribution in [-0.2, 0) is 0 Å². The van der Waals surface area contributed by atoms with E-state index in [0.29, 0.717) is 5.02 Å². The number of pyridine rings is 1. The van der Waals surface area contributed by atoms with E-state index in [0.717, 1.165) is 28.8 Å². The fraction of sp³-hybridized carbons (Fsp3) is 0.190. The molecule has 0 saturated heterocycles. The van der Waals surface area contributed by atoms with Gasteiger partial charge in [0.2, 0.25) is 0 Å². The predicted molar refractivity (Wildman–Crippen MR) is 105 cm³/mol.